The van der Waals surface area contributed by atoms with Crippen LogP contribution in [0.25, 0.3) is 0 Å². The largest absolute Gasteiger partial charge is 0.389 e. The molecule has 0 spiro atoms. The molecule has 1 amide bonds. The predicted octanol–water partition coefficient (Wildman–Crippen LogP) is 0.872. The van der Waals surface area contributed by atoms with E-state index in [2.05, 4.69) is 0 Å². The first kappa shape index (κ1) is 11.4. The highest BCUT2D eigenvalue weighted by Crippen LogP contribution is 2.21. The van der Waals surface area contributed by atoms with Crippen LogP contribution < -0.4 is 0 Å². The van der Waals surface area contributed by atoms with E-state index < -0.39 is 5.60 Å². The van der Waals surface area contributed by atoms with Gasteiger partial charge >= 0.3 is 0 Å². The highest BCUT2D eigenvalue weighted by atomic mass is 16.3. The van der Waals surface area contributed by atoms with Crippen molar-refractivity contribution in [3.05, 3.63) is 0 Å². The van der Waals surface area contributed by atoms with Gasteiger partial charge in [0.25, 0.3) is 0 Å². The molecule has 72 valence electrons. The quantitative estimate of drug-likeness (QED) is 0.688. The molecule has 0 rings (SSSR count). The first-order chi connectivity index (χ1) is 5.33. The van der Waals surface area contributed by atoms with Crippen LogP contribution in [-0.2, 0) is 4.79 Å². The molecule has 3 heteroatoms. The van der Waals surface area contributed by atoms with E-state index in [0.717, 1.165) is 0 Å². The summed E-state index contributed by atoms with van der Waals surface area (Å²) in [6, 6.07) is 0. The van der Waals surface area contributed by atoms with Crippen molar-refractivity contribution in [2.24, 2.45) is 5.92 Å². The molecule has 1 N–H and O–H groups in total. The lowest BCUT2D eigenvalue weighted by atomic mass is 9.87. The van der Waals surface area contributed by atoms with Crippen LogP contribution in [0, 0.1) is 5.92 Å². The number of aliphatic hydroxyl groups is 1. The van der Waals surface area contributed by atoms with E-state index in [1.165, 1.54) is 4.90 Å². The standard InChI is InChI=1S/C9H19NO2/c1-6-9(3,12)7(2)8(11)10(4)5/h7,12H,6H2,1-5H3/t7-,9-/m1/s1. The summed E-state index contributed by atoms with van der Waals surface area (Å²) in [5, 5.41) is 9.76. The summed E-state index contributed by atoms with van der Waals surface area (Å²) in [6.45, 7) is 5.32. The maximum Gasteiger partial charge on any atom is 0.227 e. The summed E-state index contributed by atoms with van der Waals surface area (Å²) in [5.74, 6) is -0.362. The Morgan fingerprint density at radius 3 is 2.25 bits per heavy atom. The fourth-order valence-corrected chi connectivity index (χ4v) is 0.959. The third-order valence-corrected chi connectivity index (χ3v) is 2.46. The first-order valence-corrected chi connectivity index (χ1v) is 4.26. The molecule has 0 saturated carbocycles. The molecular weight excluding hydrogens is 154 g/mol. The molecule has 0 aliphatic rings. The van der Waals surface area contributed by atoms with Crippen molar-refractivity contribution in [1.82, 2.24) is 4.90 Å². The van der Waals surface area contributed by atoms with Crippen LogP contribution in [0.1, 0.15) is 27.2 Å². The van der Waals surface area contributed by atoms with Crippen molar-refractivity contribution >= 4 is 5.91 Å². The second-order valence-electron chi connectivity index (χ2n) is 3.67. The molecule has 0 aromatic rings. The minimum atomic E-state index is -0.888. The van der Waals surface area contributed by atoms with Crippen LogP contribution in [0.15, 0.2) is 0 Å². The zero-order valence-electron chi connectivity index (χ0n) is 8.59. The topological polar surface area (TPSA) is 40.5 Å². The molecule has 0 saturated heterocycles. The van der Waals surface area contributed by atoms with Crippen LogP contribution in [0.4, 0.5) is 0 Å². The SMILES string of the molecule is CC[C@@](C)(O)[C@H](C)C(=O)N(C)C. The summed E-state index contributed by atoms with van der Waals surface area (Å²) in [6.07, 6.45) is 0.591. The molecule has 12 heavy (non-hydrogen) atoms. The number of carbonyl (C=O) groups is 1. The molecule has 2 atom stereocenters. The molecule has 0 aromatic carbocycles. The lowest BCUT2D eigenvalue weighted by Crippen LogP contribution is -2.42. The number of nitrogens with zero attached hydrogens (tertiary/aromatic N) is 1. The molecule has 0 heterocycles. The van der Waals surface area contributed by atoms with Crippen molar-refractivity contribution in [2.75, 3.05) is 14.1 Å². The van der Waals surface area contributed by atoms with E-state index in [1.54, 1.807) is 27.9 Å². The van der Waals surface area contributed by atoms with Gasteiger partial charge < -0.3 is 10.0 Å². The maximum absolute atomic E-state index is 11.4. The average molecular weight is 173 g/mol. The van der Waals surface area contributed by atoms with E-state index >= 15 is 0 Å². The van der Waals surface area contributed by atoms with Crippen LogP contribution in [0.2, 0.25) is 0 Å². The van der Waals surface area contributed by atoms with Crippen molar-refractivity contribution in [2.45, 2.75) is 32.8 Å². The second kappa shape index (κ2) is 3.90. The lowest BCUT2D eigenvalue weighted by molar-refractivity contribution is -0.140. The summed E-state index contributed by atoms with van der Waals surface area (Å²) in [4.78, 5) is 12.9. The Hall–Kier alpha value is -0.570. The van der Waals surface area contributed by atoms with Crippen molar-refractivity contribution in [3.8, 4) is 0 Å². The third kappa shape index (κ3) is 2.48. The van der Waals surface area contributed by atoms with Crippen LogP contribution >= 0.6 is 0 Å². The van der Waals surface area contributed by atoms with E-state index in [0.29, 0.717) is 6.42 Å². The van der Waals surface area contributed by atoms with E-state index in [9.17, 15) is 9.90 Å². The summed E-state index contributed by atoms with van der Waals surface area (Å²) in [5.41, 5.74) is -0.888. The van der Waals surface area contributed by atoms with Crippen molar-refractivity contribution in [1.29, 1.82) is 0 Å². The number of carbonyl (C=O) groups excluding carboxylic acids is 1. The van der Waals surface area contributed by atoms with Gasteiger partial charge in [0, 0.05) is 14.1 Å². The molecule has 0 unspecified atom stereocenters. The van der Waals surface area contributed by atoms with Crippen LogP contribution in [-0.4, -0.2) is 35.6 Å². The van der Waals surface area contributed by atoms with E-state index in [4.69, 9.17) is 0 Å². The van der Waals surface area contributed by atoms with Gasteiger partial charge in [0.2, 0.25) is 5.91 Å². The van der Waals surface area contributed by atoms with Gasteiger partial charge in [0.05, 0.1) is 11.5 Å². The Kier molecular flexibility index (Phi) is 3.71. The Labute approximate surface area is 74.4 Å². The van der Waals surface area contributed by atoms with E-state index in [-0.39, 0.29) is 11.8 Å². The Bertz CT molecular complexity index is 164. The molecule has 0 aromatic heterocycles. The third-order valence-electron chi connectivity index (χ3n) is 2.46. The smallest absolute Gasteiger partial charge is 0.227 e. The highest BCUT2D eigenvalue weighted by Gasteiger charge is 2.32. The normalized spacial score (nSPS) is 18.2. The average Bonchev–Trinajstić information content (AvgIpc) is 2.01. The Balaban J connectivity index is 4.38. The van der Waals surface area contributed by atoms with Crippen molar-refractivity contribution in [3.63, 3.8) is 0 Å². The van der Waals surface area contributed by atoms with Crippen LogP contribution in [0.5, 0.6) is 0 Å². The molecule has 0 bridgehead atoms. The minimum absolute atomic E-state index is 0.0261. The fourth-order valence-electron chi connectivity index (χ4n) is 0.959. The molecular formula is C9H19NO2. The minimum Gasteiger partial charge on any atom is -0.389 e. The van der Waals surface area contributed by atoms with Gasteiger partial charge in [-0.2, -0.15) is 0 Å². The van der Waals surface area contributed by atoms with Crippen LogP contribution in [0.3, 0.4) is 0 Å². The number of amides is 1. The van der Waals surface area contributed by atoms with Gasteiger partial charge in [-0.25, -0.2) is 0 Å². The molecule has 3 nitrogen and oxygen atoms in total. The molecule has 0 aliphatic carbocycles. The summed E-state index contributed by atoms with van der Waals surface area (Å²) in [7, 11) is 3.40. The predicted molar refractivity (Wildman–Crippen MR) is 48.8 cm³/mol. The Morgan fingerprint density at radius 2 is 2.00 bits per heavy atom. The number of rotatable bonds is 3. The molecule has 0 fully saturated rings. The second-order valence-corrected chi connectivity index (χ2v) is 3.67. The first-order valence-electron chi connectivity index (χ1n) is 4.26. The fraction of sp³-hybridized carbons (Fsp3) is 0.889. The number of hydrogen-bond donors (Lipinski definition) is 1. The molecule has 0 aliphatic heterocycles. The highest BCUT2D eigenvalue weighted by molar-refractivity contribution is 5.79. The van der Waals surface area contributed by atoms with Gasteiger partial charge in [0.1, 0.15) is 0 Å². The van der Waals surface area contributed by atoms with Gasteiger partial charge in [-0.3, -0.25) is 4.79 Å². The van der Waals surface area contributed by atoms with Crippen molar-refractivity contribution < 1.29 is 9.90 Å². The summed E-state index contributed by atoms with van der Waals surface area (Å²) < 4.78 is 0. The van der Waals surface area contributed by atoms with E-state index in [1.807, 2.05) is 6.92 Å². The van der Waals surface area contributed by atoms with Gasteiger partial charge in [-0.15, -0.1) is 0 Å². The zero-order chi connectivity index (χ0) is 9.94. The zero-order valence-corrected chi connectivity index (χ0v) is 8.59. The number of hydrogen-bond acceptors (Lipinski definition) is 2. The van der Waals surface area contributed by atoms with Gasteiger partial charge in [-0.1, -0.05) is 13.8 Å². The molecule has 0 radical (unpaired) electrons. The summed E-state index contributed by atoms with van der Waals surface area (Å²) >= 11 is 0. The lowest BCUT2D eigenvalue weighted by Gasteiger charge is -2.29. The van der Waals surface area contributed by atoms with Gasteiger partial charge in [0.15, 0.2) is 0 Å². The van der Waals surface area contributed by atoms with Gasteiger partial charge in [-0.05, 0) is 13.3 Å². The monoisotopic (exact) mass is 173 g/mol. The maximum atomic E-state index is 11.4. The Morgan fingerprint density at radius 1 is 1.58 bits per heavy atom.